The van der Waals surface area contributed by atoms with E-state index in [1.807, 2.05) is 36.4 Å². The van der Waals surface area contributed by atoms with E-state index in [-0.39, 0.29) is 12.6 Å². The number of aromatic amines is 1. The monoisotopic (exact) mass is 517 g/mol. The van der Waals surface area contributed by atoms with Gasteiger partial charge in [-0.05, 0) is 79.9 Å². The molecule has 1 fully saturated rings. The van der Waals surface area contributed by atoms with Crippen LogP contribution in [0.3, 0.4) is 0 Å². The summed E-state index contributed by atoms with van der Waals surface area (Å²) < 4.78 is 5.96. The van der Waals surface area contributed by atoms with Crippen LogP contribution < -0.4 is 9.64 Å². The molecule has 0 unspecified atom stereocenters. The van der Waals surface area contributed by atoms with Crippen LogP contribution in [0.4, 0.5) is 5.95 Å². The highest BCUT2D eigenvalue weighted by atomic mass is 35.5. The van der Waals surface area contributed by atoms with E-state index >= 15 is 0 Å². The molecule has 0 radical (unpaired) electrons. The third-order valence-electron chi connectivity index (χ3n) is 7.45. The van der Waals surface area contributed by atoms with Gasteiger partial charge in [0.25, 0.3) is 0 Å². The van der Waals surface area contributed by atoms with Gasteiger partial charge in [0, 0.05) is 47.1 Å². The SMILES string of the molecule is O[C@H](COc1ccc([C@H]2c3[nH]c4ccc(Cl)cc4c3CCN2c2ncccn2)cc1)CN1CCCCC1. The minimum atomic E-state index is -0.498. The quantitative estimate of drug-likeness (QED) is 0.359. The number of ether oxygens (including phenoxy) is 1. The van der Waals surface area contributed by atoms with E-state index in [0.717, 1.165) is 53.6 Å². The molecule has 2 aliphatic heterocycles. The van der Waals surface area contributed by atoms with Crippen LogP contribution in [-0.2, 0) is 6.42 Å². The first kappa shape index (κ1) is 24.2. The van der Waals surface area contributed by atoms with Crippen LogP contribution in [0.2, 0.25) is 5.02 Å². The second-order valence-corrected chi connectivity index (χ2v) is 10.4. The minimum absolute atomic E-state index is 0.0731. The molecule has 1 saturated heterocycles. The zero-order valence-electron chi connectivity index (χ0n) is 20.8. The van der Waals surface area contributed by atoms with Crippen molar-refractivity contribution in [3.05, 3.63) is 82.8 Å². The van der Waals surface area contributed by atoms with Crippen molar-refractivity contribution < 1.29 is 9.84 Å². The van der Waals surface area contributed by atoms with E-state index in [4.69, 9.17) is 16.3 Å². The first-order chi connectivity index (χ1) is 18.2. The molecule has 2 aromatic heterocycles. The van der Waals surface area contributed by atoms with Crippen molar-refractivity contribution in [3.8, 4) is 5.75 Å². The molecule has 8 heteroatoms. The number of β-amino-alcohol motifs (C(OH)–C–C–N with tert-alkyl or cyclic N) is 1. The minimum Gasteiger partial charge on any atom is -0.491 e. The Morgan fingerprint density at radius 2 is 1.81 bits per heavy atom. The molecule has 0 spiro atoms. The number of piperidine rings is 1. The summed E-state index contributed by atoms with van der Waals surface area (Å²) in [7, 11) is 0. The largest absolute Gasteiger partial charge is 0.491 e. The molecule has 2 aliphatic rings. The van der Waals surface area contributed by atoms with E-state index in [1.165, 1.54) is 30.2 Å². The number of hydrogen-bond donors (Lipinski definition) is 2. The molecule has 2 atom stereocenters. The lowest BCUT2D eigenvalue weighted by atomic mass is 9.92. The molecule has 4 heterocycles. The molecular formula is C29H32ClN5O2. The highest BCUT2D eigenvalue weighted by Crippen LogP contribution is 2.40. The van der Waals surface area contributed by atoms with Gasteiger partial charge in [0.1, 0.15) is 18.5 Å². The van der Waals surface area contributed by atoms with E-state index in [9.17, 15) is 5.11 Å². The molecule has 2 N–H and O–H groups in total. The number of fused-ring (bicyclic) bond motifs is 3. The number of anilines is 1. The number of nitrogens with zero attached hydrogens (tertiary/aromatic N) is 4. The molecule has 192 valence electrons. The smallest absolute Gasteiger partial charge is 0.226 e. The first-order valence-corrected chi connectivity index (χ1v) is 13.5. The average molecular weight is 518 g/mol. The predicted octanol–water partition coefficient (Wildman–Crippen LogP) is 4.99. The van der Waals surface area contributed by atoms with Crippen LogP contribution in [0.15, 0.2) is 60.9 Å². The third kappa shape index (κ3) is 5.17. The van der Waals surface area contributed by atoms with Gasteiger partial charge in [0.15, 0.2) is 0 Å². The topological polar surface area (TPSA) is 77.5 Å². The van der Waals surface area contributed by atoms with Crippen LogP contribution in [-0.4, -0.2) is 63.8 Å². The lowest BCUT2D eigenvalue weighted by Gasteiger charge is -2.36. The lowest BCUT2D eigenvalue weighted by molar-refractivity contribution is 0.0617. The van der Waals surface area contributed by atoms with Gasteiger partial charge in [-0.15, -0.1) is 0 Å². The molecule has 0 aliphatic carbocycles. The van der Waals surface area contributed by atoms with E-state index in [1.54, 1.807) is 12.4 Å². The van der Waals surface area contributed by atoms with Crippen molar-refractivity contribution in [3.63, 3.8) is 0 Å². The zero-order chi connectivity index (χ0) is 25.2. The molecule has 6 rings (SSSR count). The number of aliphatic hydroxyl groups excluding tert-OH is 1. The third-order valence-corrected chi connectivity index (χ3v) is 7.69. The van der Waals surface area contributed by atoms with Crippen molar-refractivity contribution in [2.24, 2.45) is 0 Å². The summed E-state index contributed by atoms with van der Waals surface area (Å²) in [5, 5.41) is 12.4. The summed E-state index contributed by atoms with van der Waals surface area (Å²) in [6.07, 6.45) is 7.66. The van der Waals surface area contributed by atoms with Gasteiger partial charge < -0.3 is 24.6 Å². The number of aromatic nitrogens is 3. The van der Waals surface area contributed by atoms with Crippen LogP contribution in [0.1, 0.15) is 42.1 Å². The predicted molar refractivity (Wildman–Crippen MR) is 146 cm³/mol. The van der Waals surface area contributed by atoms with Gasteiger partial charge in [0.2, 0.25) is 5.95 Å². The molecule has 0 bridgehead atoms. The fraction of sp³-hybridized carbons (Fsp3) is 0.379. The van der Waals surface area contributed by atoms with Crippen molar-refractivity contribution in [1.29, 1.82) is 0 Å². The van der Waals surface area contributed by atoms with E-state index in [2.05, 4.69) is 36.9 Å². The number of benzene rings is 2. The average Bonchev–Trinajstić information content (AvgIpc) is 3.30. The van der Waals surface area contributed by atoms with Crippen molar-refractivity contribution in [2.75, 3.05) is 37.7 Å². The molecule has 2 aromatic carbocycles. The molecule has 0 amide bonds. The number of hydrogen-bond acceptors (Lipinski definition) is 6. The Labute approximate surface area is 222 Å². The molecular weight excluding hydrogens is 486 g/mol. The second kappa shape index (κ2) is 10.7. The Kier molecular flexibility index (Phi) is 7.00. The Balaban J connectivity index is 1.25. The summed E-state index contributed by atoms with van der Waals surface area (Å²) in [6, 6.07) is 15.9. The summed E-state index contributed by atoms with van der Waals surface area (Å²) in [5.41, 5.74) is 4.63. The van der Waals surface area contributed by atoms with Crippen molar-refractivity contribution in [2.45, 2.75) is 37.8 Å². The lowest BCUT2D eigenvalue weighted by Crippen LogP contribution is -2.38. The Hall–Kier alpha value is -3.13. The fourth-order valence-corrected chi connectivity index (χ4v) is 5.87. The van der Waals surface area contributed by atoms with Gasteiger partial charge >= 0.3 is 0 Å². The Bertz CT molecular complexity index is 1340. The van der Waals surface area contributed by atoms with Gasteiger partial charge in [-0.3, -0.25) is 0 Å². The Morgan fingerprint density at radius 3 is 2.59 bits per heavy atom. The highest BCUT2D eigenvalue weighted by molar-refractivity contribution is 6.31. The van der Waals surface area contributed by atoms with Crippen molar-refractivity contribution >= 4 is 28.5 Å². The summed E-state index contributed by atoms with van der Waals surface area (Å²) >= 11 is 6.34. The number of likely N-dealkylation sites (tertiary alicyclic amines) is 1. The maximum absolute atomic E-state index is 10.5. The zero-order valence-corrected chi connectivity index (χ0v) is 21.6. The maximum atomic E-state index is 10.5. The molecule has 37 heavy (non-hydrogen) atoms. The van der Waals surface area contributed by atoms with Gasteiger partial charge in [0.05, 0.1) is 6.04 Å². The Morgan fingerprint density at radius 1 is 1.03 bits per heavy atom. The van der Waals surface area contributed by atoms with Gasteiger partial charge in [-0.2, -0.15) is 0 Å². The number of nitrogens with one attached hydrogen (secondary N) is 1. The van der Waals surface area contributed by atoms with Crippen LogP contribution in [0.5, 0.6) is 5.75 Å². The van der Waals surface area contributed by atoms with Crippen LogP contribution >= 0.6 is 11.6 Å². The summed E-state index contributed by atoms with van der Waals surface area (Å²) in [4.78, 5) is 17.3. The van der Waals surface area contributed by atoms with E-state index in [0.29, 0.717) is 12.5 Å². The number of rotatable bonds is 7. The van der Waals surface area contributed by atoms with Crippen molar-refractivity contribution in [1.82, 2.24) is 19.9 Å². The summed E-state index contributed by atoms with van der Waals surface area (Å²) in [5.74, 6) is 1.46. The highest BCUT2D eigenvalue weighted by Gasteiger charge is 2.33. The van der Waals surface area contributed by atoms with Crippen LogP contribution in [0, 0.1) is 0 Å². The number of halogens is 1. The first-order valence-electron chi connectivity index (χ1n) is 13.1. The van der Waals surface area contributed by atoms with Gasteiger partial charge in [-0.25, -0.2) is 9.97 Å². The maximum Gasteiger partial charge on any atom is 0.226 e. The standard InChI is InChI=1S/C29H32ClN5O2/c30-21-7-10-26-25(17-21)24-11-16-35(29-31-12-4-13-32-29)28(27(24)33-26)20-5-8-23(9-6-20)37-19-22(36)18-34-14-2-1-3-15-34/h4-10,12-13,17,22,28,33,36H,1-3,11,14-16,18-19H2/t22-,28-/m0/s1. The molecule has 0 saturated carbocycles. The van der Waals surface area contributed by atoms with Gasteiger partial charge in [-0.1, -0.05) is 30.2 Å². The van der Waals surface area contributed by atoms with Crippen LogP contribution in [0.25, 0.3) is 10.9 Å². The number of aliphatic hydroxyl groups is 1. The molecule has 7 nitrogen and oxygen atoms in total. The second-order valence-electron chi connectivity index (χ2n) is 10.00. The summed E-state index contributed by atoms with van der Waals surface area (Å²) in [6.45, 7) is 3.88. The fourth-order valence-electron chi connectivity index (χ4n) is 5.69. The number of H-pyrrole nitrogens is 1. The van der Waals surface area contributed by atoms with E-state index < -0.39 is 6.10 Å². The normalized spacial score (nSPS) is 19.1. The molecule has 4 aromatic rings.